The summed E-state index contributed by atoms with van der Waals surface area (Å²) in [7, 11) is 0. The van der Waals surface area contributed by atoms with Crippen molar-refractivity contribution < 1.29 is 14.3 Å². The molecule has 25 heavy (non-hydrogen) atoms. The number of carbonyl (C=O) groups excluding carboxylic acids is 2. The fraction of sp³-hybridized carbons (Fsp3) is 0.167. The minimum Gasteiger partial charge on any atom is -0.425 e. The number of esters is 1. The highest BCUT2D eigenvalue weighted by Gasteiger charge is 2.18. The molecule has 3 N–H and O–H groups in total. The number of ether oxygens (including phenoxy) is 1. The van der Waals surface area contributed by atoms with Crippen molar-refractivity contribution in [1.82, 2.24) is 10.3 Å². The van der Waals surface area contributed by atoms with E-state index in [9.17, 15) is 9.59 Å². The molecule has 0 aliphatic heterocycles. The zero-order valence-electron chi connectivity index (χ0n) is 13.6. The number of hydrogen-bond donors (Lipinski definition) is 2. The van der Waals surface area contributed by atoms with Crippen LogP contribution in [0.5, 0.6) is 5.75 Å². The number of carbonyl (C=O) groups is 2. The third-order valence-corrected chi connectivity index (χ3v) is 4.84. The van der Waals surface area contributed by atoms with Crippen molar-refractivity contribution in [2.75, 3.05) is 6.54 Å². The van der Waals surface area contributed by atoms with Gasteiger partial charge in [0.25, 0.3) is 5.91 Å². The van der Waals surface area contributed by atoms with E-state index in [1.54, 1.807) is 36.5 Å². The molecule has 1 aromatic carbocycles. The molecule has 0 saturated heterocycles. The average Bonchev–Trinajstić information content (AvgIpc) is 3.06. The number of nitrogens with one attached hydrogen (secondary N) is 1. The number of rotatable bonds is 5. The van der Waals surface area contributed by atoms with Crippen molar-refractivity contribution in [1.29, 1.82) is 0 Å². The van der Waals surface area contributed by atoms with E-state index in [1.807, 2.05) is 19.1 Å². The summed E-state index contributed by atoms with van der Waals surface area (Å²) in [5.41, 5.74) is 7.64. The standard InChI is InChI=1S/C18H17N3O3S/c1-11-7-8-20-14-9-15(25-16(11)14)17(22)21-10-13(19)18(23)24-12-5-3-2-4-6-12/h2-9,13H,10,19H2,1H3,(H,21,22)/t13-/m1/s1. The predicted molar refractivity (Wildman–Crippen MR) is 96.7 cm³/mol. The van der Waals surface area contributed by atoms with Crippen molar-refractivity contribution in [2.24, 2.45) is 5.73 Å². The van der Waals surface area contributed by atoms with Gasteiger partial charge >= 0.3 is 5.97 Å². The molecule has 0 fully saturated rings. The predicted octanol–water partition coefficient (Wildman–Crippen LogP) is 2.27. The molecule has 128 valence electrons. The van der Waals surface area contributed by atoms with Gasteiger partial charge in [0.2, 0.25) is 0 Å². The quantitative estimate of drug-likeness (QED) is 0.541. The number of benzene rings is 1. The first kappa shape index (κ1) is 17.1. The minimum absolute atomic E-state index is 0.00877. The molecule has 0 aliphatic carbocycles. The Morgan fingerprint density at radius 2 is 2.04 bits per heavy atom. The van der Waals surface area contributed by atoms with E-state index in [4.69, 9.17) is 10.5 Å². The Morgan fingerprint density at radius 1 is 1.28 bits per heavy atom. The lowest BCUT2D eigenvalue weighted by atomic mass is 10.2. The maximum atomic E-state index is 12.3. The van der Waals surface area contributed by atoms with Gasteiger partial charge in [0.15, 0.2) is 0 Å². The molecule has 0 unspecified atom stereocenters. The Balaban J connectivity index is 1.59. The zero-order valence-corrected chi connectivity index (χ0v) is 14.4. The second-order valence-corrected chi connectivity index (χ2v) is 6.56. The number of thiophene rings is 1. The third-order valence-electron chi connectivity index (χ3n) is 3.58. The maximum absolute atomic E-state index is 12.3. The number of nitrogens with zero attached hydrogens (tertiary/aromatic N) is 1. The van der Waals surface area contributed by atoms with Crippen LogP contribution in [0.15, 0.2) is 48.7 Å². The Hall–Kier alpha value is -2.77. The summed E-state index contributed by atoms with van der Waals surface area (Å²) >= 11 is 1.36. The molecule has 1 amide bonds. The average molecular weight is 355 g/mol. The molecule has 2 aromatic heterocycles. The van der Waals surface area contributed by atoms with Crippen molar-refractivity contribution >= 4 is 33.4 Å². The lowest BCUT2D eigenvalue weighted by molar-refractivity contribution is -0.135. The van der Waals surface area contributed by atoms with Gasteiger partial charge in [0.1, 0.15) is 11.8 Å². The van der Waals surface area contributed by atoms with Crippen molar-refractivity contribution in [3.8, 4) is 5.75 Å². The molecule has 3 aromatic rings. The summed E-state index contributed by atoms with van der Waals surface area (Å²) in [6.07, 6.45) is 1.71. The minimum atomic E-state index is -0.946. The summed E-state index contributed by atoms with van der Waals surface area (Å²) < 4.78 is 6.13. The van der Waals surface area contributed by atoms with Gasteiger partial charge in [-0.05, 0) is 36.8 Å². The number of para-hydroxylation sites is 1. The molecule has 6 nitrogen and oxygen atoms in total. The number of aryl methyl sites for hydroxylation is 1. The van der Waals surface area contributed by atoms with Crippen LogP contribution in [-0.4, -0.2) is 29.4 Å². The van der Waals surface area contributed by atoms with Gasteiger partial charge in [0.05, 0.1) is 15.1 Å². The summed E-state index contributed by atoms with van der Waals surface area (Å²) in [6, 6.07) is 11.3. The molecular formula is C18H17N3O3S. The third kappa shape index (κ3) is 4.01. The number of fused-ring (bicyclic) bond motifs is 1. The molecule has 0 aliphatic rings. The molecule has 1 atom stereocenters. The van der Waals surface area contributed by atoms with Crippen LogP contribution >= 0.6 is 11.3 Å². The number of pyridine rings is 1. The normalized spacial score (nSPS) is 11.9. The van der Waals surface area contributed by atoms with Crippen LogP contribution < -0.4 is 15.8 Å². The van der Waals surface area contributed by atoms with E-state index >= 15 is 0 Å². The van der Waals surface area contributed by atoms with Crippen LogP contribution in [0.3, 0.4) is 0 Å². The van der Waals surface area contributed by atoms with Crippen LogP contribution in [0.4, 0.5) is 0 Å². The van der Waals surface area contributed by atoms with Crippen LogP contribution in [0.25, 0.3) is 10.2 Å². The lowest BCUT2D eigenvalue weighted by Gasteiger charge is -2.11. The highest BCUT2D eigenvalue weighted by atomic mass is 32.1. The highest BCUT2D eigenvalue weighted by Crippen LogP contribution is 2.26. The number of aromatic nitrogens is 1. The van der Waals surface area contributed by atoms with Crippen LogP contribution in [-0.2, 0) is 4.79 Å². The molecule has 7 heteroatoms. The first-order valence-electron chi connectivity index (χ1n) is 7.70. The van der Waals surface area contributed by atoms with Gasteiger partial charge in [-0.3, -0.25) is 9.78 Å². The van der Waals surface area contributed by atoms with Gasteiger partial charge in [-0.15, -0.1) is 11.3 Å². The molecule has 2 heterocycles. The van der Waals surface area contributed by atoms with Crippen LogP contribution in [0.1, 0.15) is 15.2 Å². The van der Waals surface area contributed by atoms with Gasteiger partial charge in [-0.2, -0.15) is 0 Å². The summed E-state index contributed by atoms with van der Waals surface area (Å²) in [5.74, 6) is -0.467. The first-order chi connectivity index (χ1) is 12.0. The summed E-state index contributed by atoms with van der Waals surface area (Å²) in [4.78, 5) is 29.0. The van der Waals surface area contributed by atoms with Crippen LogP contribution in [0, 0.1) is 6.92 Å². The molecule has 3 rings (SSSR count). The number of nitrogens with two attached hydrogens (primary N) is 1. The zero-order chi connectivity index (χ0) is 17.8. The van der Waals surface area contributed by atoms with E-state index in [0.29, 0.717) is 10.6 Å². The number of hydrogen-bond acceptors (Lipinski definition) is 6. The Morgan fingerprint density at radius 3 is 2.76 bits per heavy atom. The maximum Gasteiger partial charge on any atom is 0.330 e. The molecule has 0 bridgehead atoms. The number of amides is 1. The molecule has 0 radical (unpaired) electrons. The monoisotopic (exact) mass is 355 g/mol. The van der Waals surface area contributed by atoms with Crippen LogP contribution in [0.2, 0.25) is 0 Å². The van der Waals surface area contributed by atoms with E-state index in [-0.39, 0.29) is 12.5 Å². The van der Waals surface area contributed by atoms with E-state index in [0.717, 1.165) is 15.8 Å². The second kappa shape index (κ2) is 7.42. The van der Waals surface area contributed by atoms with Gasteiger partial charge < -0.3 is 15.8 Å². The van der Waals surface area contributed by atoms with Crippen molar-refractivity contribution in [3.05, 3.63) is 59.1 Å². The second-order valence-electron chi connectivity index (χ2n) is 5.50. The Bertz CT molecular complexity index is 908. The smallest absolute Gasteiger partial charge is 0.330 e. The van der Waals surface area contributed by atoms with Crippen molar-refractivity contribution in [2.45, 2.75) is 13.0 Å². The largest absolute Gasteiger partial charge is 0.425 e. The lowest BCUT2D eigenvalue weighted by Crippen LogP contribution is -2.44. The SMILES string of the molecule is Cc1ccnc2cc(C(=O)NC[C@@H](N)C(=O)Oc3ccccc3)sc12. The van der Waals surface area contributed by atoms with Gasteiger partial charge in [0, 0.05) is 12.7 Å². The van der Waals surface area contributed by atoms with Crippen molar-refractivity contribution in [3.63, 3.8) is 0 Å². The Labute approximate surface area is 148 Å². The topological polar surface area (TPSA) is 94.3 Å². The molecule has 0 spiro atoms. The molecule has 0 saturated carbocycles. The van der Waals surface area contributed by atoms with E-state index in [1.165, 1.54) is 11.3 Å². The fourth-order valence-electron chi connectivity index (χ4n) is 2.23. The summed E-state index contributed by atoms with van der Waals surface area (Å²) in [6.45, 7) is 1.96. The van der Waals surface area contributed by atoms with E-state index < -0.39 is 12.0 Å². The van der Waals surface area contributed by atoms with Gasteiger partial charge in [-0.25, -0.2) is 4.79 Å². The highest BCUT2D eigenvalue weighted by molar-refractivity contribution is 7.21. The first-order valence-corrected chi connectivity index (χ1v) is 8.52. The summed E-state index contributed by atoms with van der Waals surface area (Å²) in [5, 5.41) is 2.66. The van der Waals surface area contributed by atoms with Gasteiger partial charge in [-0.1, -0.05) is 18.2 Å². The fourth-order valence-corrected chi connectivity index (χ4v) is 3.23. The van der Waals surface area contributed by atoms with E-state index in [2.05, 4.69) is 10.3 Å². The molecular weight excluding hydrogens is 338 g/mol. The Kier molecular flexibility index (Phi) is 5.06.